The first-order chi connectivity index (χ1) is 17.6. The van der Waals surface area contributed by atoms with E-state index in [9.17, 15) is 13.2 Å². The largest absolute Gasteiger partial charge is 0.376 e. The lowest BCUT2D eigenvalue weighted by molar-refractivity contribution is 0.0982. The summed E-state index contributed by atoms with van der Waals surface area (Å²) in [6.07, 6.45) is 3.93. The number of carbonyl (C=O) groups is 1. The number of carbonyl (C=O) groups excluding carboxylic acids is 1. The molecule has 0 spiro atoms. The molecule has 0 atom stereocenters. The molecule has 1 heterocycles. The fourth-order valence-electron chi connectivity index (χ4n) is 4.22. The number of unbranched alkanes of at least 4 members (excludes halogenated alkanes) is 1. The van der Waals surface area contributed by atoms with Gasteiger partial charge in [0.2, 0.25) is 10.0 Å². The third-order valence-electron chi connectivity index (χ3n) is 5.90. The second kappa shape index (κ2) is 11.1. The molecule has 0 fully saturated rings. The molecule has 0 bridgehead atoms. The van der Waals surface area contributed by atoms with Gasteiger partial charge in [-0.25, -0.2) is 18.1 Å². The first-order valence-corrected chi connectivity index (χ1v) is 14.2. The molecule has 0 aliphatic heterocycles. The summed E-state index contributed by atoms with van der Waals surface area (Å²) in [5.41, 5.74) is 11.2. The minimum atomic E-state index is -3.67. The number of sulfonamides is 1. The summed E-state index contributed by atoms with van der Waals surface area (Å²) < 4.78 is 27.4. The van der Waals surface area contributed by atoms with E-state index in [2.05, 4.69) is 16.8 Å². The minimum absolute atomic E-state index is 0.206. The van der Waals surface area contributed by atoms with Crippen molar-refractivity contribution in [3.8, 4) is 11.1 Å². The molecule has 37 heavy (non-hydrogen) atoms. The maximum Gasteiger partial charge on any atom is 0.265 e. The predicted molar refractivity (Wildman–Crippen MR) is 152 cm³/mol. The fraction of sp³-hybridized carbons (Fsp3) is 0.222. The van der Waals surface area contributed by atoms with E-state index in [0.717, 1.165) is 59.2 Å². The van der Waals surface area contributed by atoms with Crippen LogP contribution in [-0.2, 0) is 23.0 Å². The Kier molecular flexibility index (Phi) is 7.89. The average molecular weight is 536 g/mol. The van der Waals surface area contributed by atoms with Crippen LogP contribution in [0.2, 0.25) is 0 Å². The first-order valence-electron chi connectivity index (χ1n) is 11.9. The van der Waals surface area contributed by atoms with Crippen LogP contribution in [0.4, 0.5) is 5.69 Å². The molecule has 10 heteroatoms. The van der Waals surface area contributed by atoms with E-state index in [0.29, 0.717) is 17.7 Å². The van der Waals surface area contributed by atoms with E-state index in [4.69, 9.17) is 22.9 Å². The molecule has 1 aromatic heterocycles. The molecule has 0 aliphatic carbocycles. The van der Waals surface area contributed by atoms with Gasteiger partial charge in [-0.15, -0.1) is 0 Å². The van der Waals surface area contributed by atoms with Gasteiger partial charge < -0.3 is 15.6 Å². The summed E-state index contributed by atoms with van der Waals surface area (Å²) in [5.74, 6) is 0.352. The van der Waals surface area contributed by atoms with Crippen molar-refractivity contribution in [1.29, 1.82) is 0 Å². The van der Waals surface area contributed by atoms with E-state index in [1.807, 2.05) is 53.3 Å². The number of anilines is 1. The highest BCUT2D eigenvalue weighted by molar-refractivity contribution is 7.89. The van der Waals surface area contributed by atoms with E-state index >= 15 is 0 Å². The van der Waals surface area contributed by atoms with E-state index in [1.165, 1.54) is 0 Å². The second-order valence-corrected chi connectivity index (χ2v) is 11.0. The number of thiocarbonyl (C=S) groups is 1. The van der Waals surface area contributed by atoms with Crippen LogP contribution < -0.4 is 15.8 Å². The highest BCUT2D eigenvalue weighted by atomic mass is 32.2. The Morgan fingerprint density at radius 3 is 2.49 bits per heavy atom. The molecule has 192 valence electrons. The number of benzene rings is 3. The third-order valence-corrected chi connectivity index (χ3v) is 6.56. The van der Waals surface area contributed by atoms with Crippen molar-refractivity contribution in [2.45, 2.75) is 32.7 Å². The van der Waals surface area contributed by atoms with Crippen molar-refractivity contribution in [3.63, 3.8) is 0 Å². The number of nitrogens with zero attached hydrogens (tertiary/aromatic N) is 2. The van der Waals surface area contributed by atoms with E-state index in [1.54, 1.807) is 18.2 Å². The van der Waals surface area contributed by atoms with Crippen LogP contribution in [0, 0.1) is 0 Å². The van der Waals surface area contributed by atoms with Gasteiger partial charge in [-0.2, -0.15) is 0 Å². The molecule has 4 N–H and O–H groups in total. The van der Waals surface area contributed by atoms with Crippen LogP contribution in [0.25, 0.3) is 22.2 Å². The zero-order valence-electron chi connectivity index (χ0n) is 20.7. The van der Waals surface area contributed by atoms with Crippen LogP contribution in [0.15, 0.2) is 66.7 Å². The highest BCUT2D eigenvalue weighted by Crippen LogP contribution is 2.26. The Balaban J connectivity index is 1.66. The number of nitrogens with two attached hydrogens (primary N) is 1. The lowest BCUT2D eigenvalue weighted by Gasteiger charge is -2.12. The molecule has 0 saturated heterocycles. The average Bonchev–Trinajstić information content (AvgIpc) is 3.18. The highest BCUT2D eigenvalue weighted by Gasteiger charge is 2.16. The number of imidazole rings is 1. The lowest BCUT2D eigenvalue weighted by Crippen LogP contribution is -2.29. The first kappa shape index (κ1) is 26.3. The van der Waals surface area contributed by atoms with Gasteiger partial charge in [0.15, 0.2) is 5.11 Å². The molecule has 1 amide bonds. The molecule has 3 aromatic carbocycles. The Labute approximate surface area is 222 Å². The van der Waals surface area contributed by atoms with E-state index in [-0.39, 0.29) is 5.11 Å². The van der Waals surface area contributed by atoms with Gasteiger partial charge in [0.05, 0.1) is 17.3 Å². The van der Waals surface area contributed by atoms with Gasteiger partial charge in [-0.05, 0) is 59.6 Å². The maximum atomic E-state index is 12.6. The fourth-order valence-corrected chi connectivity index (χ4v) is 4.79. The topological polar surface area (TPSA) is 119 Å². The summed E-state index contributed by atoms with van der Waals surface area (Å²) in [5, 5.41) is 3.20. The number of aryl methyl sites for hydroxylation is 1. The number of rotatable bonds is 9. The Morgan fingerprint density at radius 1 is 1.08 bits per heavy atom. The van der Waals surface area contributed by atoms with Crippen molar-refractivity contribution in [1.82, 2.24) is 14.3 Å². The maximum absolute atomic E-state index is 12.6. The van der Waals surface area contributed by atoms with E-state index < -0.39 is 15.9 Å². The lowest BCUT2D eigenvalue weighted by atomic mass is 9.98. The van der Waals surface area contributed by atoms with Crippen LogP contribution in [0.3, 0.4) is 0 Å². The van der Waals surface area contributed by atoms with Gasteiger partial charge in [0.25, 0.3) is 5.91 Å². The number of aromatic nitrogens is 2. The smallest absolute Gasteiger partial charge is 0.265 e. The standard InChI is InChI=1S/C27H29N5O3S2/c1-3-4-9-25-30-23-15-14-20(29-27(28)36)16-24(23)32(25)17-18-10-12-19(13-11-18)21-7-5-6-8-22(21)26(33)31-37(2,34)35/h5-8,10-16H,3-4,9,17H2,1-2H3,(H,31,33)(H3,28,29,36). The van der Waals surface area contributed by atoms with Crippen LogP contribution in [0.1, 0.15) is 41.5 Å². The molecule has 4 aromatic rings. The molecule has 0 aliphatic rings. The summed E-state index contributed by atoms with van der Waals surface area (Å²) in [4.78, 5) is 17.4. The van der Waals surface area contributed by atoms with Gasteiger partial charge in [0, 0.05) is 24.2 Å². The normalized spacial score (nSPS) is 11.4. The number of amides is 1. The molecule has 0 radical (unpaired) electrons. The summed E-state index contributed by atoms with van der Waals surface area (Å²) in [6.45, 7) is 2.77. The predicted octanol–water partition coefficient (Wildman–Crippen LogP) is 4.44. The summed E-state index contributed by atoms with van der Waals surface area (Å²) in [6, 6.07) is 20.7. The van der Waals surface area contributed by atoms with Crippen LogP contribution >= 0.6 is 12.2 Å². The zero-order chi connectivity index (χ0) is 26.6. The number of hydrogen-bond donors (Lipinski definition) is 3. The number of nitrogens with one attached hydrogen (secondary N) is 2. The van der Waals surface area contributed by atoms with Gasteiger partial charge >= 0.3 is 0 Å². The van der Waals surface area contributed by atoms with Gasteiger partial charge in [-0.1, -0.05) is 55.8 Å². The van der Waals surface area contributed by atoms with Crippen LogP contribution in [0.5, 0.6) is 0 Å². The summed E-state index contributed by atoms with van der Waals surface area (Å²) in [7, 11) is -3.67. The second-order valence-electron chi connectivity index (χ2n) is 8.86. The van der Waals surface area contributed by atoms with Crippen molar-refractivity contribution >= 4 is 50.0 Å². The quantitative estimate of drug-likeness (QED) is 0.271. The summed E-state index contributed by atoms with van der Waals surface area (Å²) >= 11 is 4.99. The minimum Gasteiger partial charge on any atom is -0.376 e. The Bertz CT molecular complexity index is 1560. The Morgan fingerprint density at radius 2 is 1.81 bits per heavy atom. The number of hydrogen-bond acceptors (Lipinski definition) is 5. The number of fused-ring (bicyclic) bond motifs is 1. The van der Waals surface area contributed by atoms with Gasteiger partial charge in [0.1, 0.15) is 5.82 Å². The van der Waals surface area contributed by atoms with Crippen LogP contribution in [-0.4, -0.2) is 35.2 Å². The molecule has 4 rings (SSSR count). The Hall–Kier alpha value is -3.76. The molecule has 0 saturated carbocycles. The van der Waals surface area contributed by atoms with Crippen molar-refractivity contribution in [3.05, 3.63) is 83.7 Å². The van der Waals surface area contributed by atoms with Gasteiger partial charge in [-0.3, -0.25) is 4.79 Å². The SMILES string of the molecule is CCCCc1nc2ccc(NC(N)=S)cc2n1Cc1ccc(-c2ccccc2C(=O)NS(C)(=O)=O)cc1. The monoisotopic (exact) mass is 535 g/mol. The van der Waals surface area contributed by atoms with Crippen molar-refractivity contribution in [2.24, 2.45) is 5.73 Å². The molecule has 0 unspecified atom stereocenters. The zero-order valence-corrected chi connectivity index (χ0v) is 22.3. The molecule has 8 nitrogen and oxygen atoms in total. The molecular formula is C27H29N5O3S2. The van der Waals surface area contributed by atoms with Crippen molar-refractivity contribution in [2.75, 3.05) is 11.6 Å². The third kappa shape index (κ3) is 6.52. The van der Waals surface area contributed by atoms with Crippen molar-refractivity contribution < 1.29 is 13.2 Å². The molecular weight excluding hydrogens is 506 g/mol.